The molecule has 0 N–H and O–H groups in total. The number of fused-ring (bicyclic) bond motifs is 1. The van der Waals surface area contributed by atoms with Crippen LogP contribution in [0.4, 0.5) is 4.39 Å². The number of halogens is 2. The first kappa shape index (κ1) is 26.9. The molecule has 5 nitrogen and oxygen atoms in total. The predicted octanol–water partition coefficient (Wildman–Crippen LogP) is 6.36. The zero-order chi connectivity index (χ0) is 25.7. The van der Waals surface area contributed by atoms with Crippen molar-refractivity contribution in [3.8, 4) is 0 Å². The summed E-state index contributed by atoms with van der Waals surface area (Å²) >= 11 is 5.99. The monoisotopic (exact) mass is 501 g/mol. The van der Waals surface area contributed by atoms with Gasteiger partial charge in [0.25, 0.3) is 0 Å². The molecular weight excluding hydrogens is 469 g/mol. The summed E-state index contributed by atoms with van der Waals surface area (Å²) in [4.78, 5) is 26.2. The second-order valence-electron chi connectivity index (χ2n) is 8.85. The van der Waals surface area contributed by atoms with Crippen LogP contribution in [-0.2, 0) is 22.3 Å². The van der Waals surface area contributed by atoms with Crippen molar-refractivity contribution in [2.75, 3.05) is 19.8 Å². The number of esters is 1. The minimum absolute atomic E-state index is 0.0226. The van der Waals surface area contributed by atoms with Gasteiger partial charge in [0.1, 0.15) is 11.4 Å². The normalized spacial score (nSPS) is 12.3. The first-order valence-electron chi connectivity index (χ1n) is 12.1. The molecule has 0 unspecified atom stereocenters. The van der Waals surface area contributed by atoms with Crippen molar-refractivity contribution in [2.45, 2.75) is 53.5 Å². The van der Waals surface area contributed by atoms with Gasteiger partial charge in [-0.1, -0.05) is 44.5 Å². The molecule has 1 heterocycles. The van der Waals surface area contributed by atoms with Crippen molar-refractivity contribution in [1.29, 1.82) is 0 Å². The fourth-order valence-corrected chi connectivity index (χ4v) is 4.52. The Hall–Kier alpha value is -2.70. The summed E-state index contributed by atoms with van der Waals surface area (Å²) in [6.45, 7) is 11.0. The molecule has 1 aromatic heterocycles. The largest absolute Gasteiger partial charge is 0.462 e. The third kappa shape index (κ3) is 5.76. The van der Waals surface area contributed by atoms with E-state index in [2.05, 4.69) is 13.8 Å². The minimum atomic E-state index is -0.658. The van der Waals surface area contributed by atoms with E-state index in [1.807, 2.05) is 24.5 Å². The van der Waals surface area contributed by atoms with Crippen molar-refractivity contribution in [3.05, 3.63) is 79.8 Å². The van der Waals surface area contributed by atoms with Gasteiger partial charge in [-0.2, -0.15) is 0 Å². The Kier molecular flexibility index (Phi) is 9.09. The molecule has 3 aromatic rings. The zero-order valence-electron chi connectivity index (χ0n) is 21.0. The molecule has 1 atom stereocenters. The number of ether oxygens (including phenoxy) is 2. The summed E-state index contributed by atoms with van der Waals surface area (Å²) in [5, 5.41) is 0.455. The first-order chi connectivity index (χ1) is 16.7. The van der Waals surface area contributed by atoms with Crippen molar-refractivity contribution in [1.82, 2.24) is 4.57 Å². The molecule has 0 aliphatic heterocycles. The lowest BCUT2D eigenvalue weighted by atomic mass is 9.94. The van der Waals surface area contributed by atoms with Crippen LogP contribution in [-0.4, -0.2) is 30.4 Å². The second-order valence-corrected chi connectivity index (χ2v) is 9.26. The summed E-state index contributed by atoms with van der Waals surface area (Å²) in [6.07, 6.45) is 2.57. The van der Waals surface area contributed by atoms with Crippen LogP contribution >= 0.6 is 11.6 Å². The van der Waals surface area contributed by atoms with E-state index in [1.54, 1.807) is 31.3 Å². The van der Waals surface area contributed by atoms with Crippen LogP contribution in [0.15, 0.2) is 41.3 Å². The van der Waals surface area contributed by atoms with Gasteiger partial charge in [0.05, 0.1) is 29.8 Å². The van der Waals surface area contributed by atoms with Gasteiger partial charge in [-0.25, -0.2) is 9.18 Å². The van der Waals surface area contributed by atoms with Gasteiger partial charge in [0.2, 0.25) is 5.43 Å². The minimum Gasteiger partial charge on any atom is -0.462 e. The smallest absolute Gasteiger partial charge is 0.343 e. The molecule has 3 rings (SSSR count). The standard InChI is InChI=1S/C28H33ClFNO4/c1-6-18-14-24-21(13-20(18)12-19-10-9-11-23(29)26(19)30)27(32)22(28(33)35-8-3)15-31(24)25(17(4)5)16-34-7-2/h9-11,13-15,17,25H,6-8,12,16H2,1-5H3/t25-/m1/s1. The summed E-state index contributed by atoms with van der Waals surface area (Å²) in [7, 11) is 0. The molecule has 188 valence electrons. The maximum absolute atomic E-state index is 14.7. The Balaban J connectivity index is 2.30. The second kappa shape index (κ2) is 11.8. The molecule has 0 bridgehead atoms. The molecule has 0 radical (unpaired) electrons. The average Bonchev–Trinajstić information content (AvgIpc) is 2.83. The highest BCUT2D eigenvalue weighted by molar-refractivity contribution is 6.30. The number of pyridine rings is 1. The molecule has 7 heteroatoms. The van der Waals surface area contributed by atoms with Gasteiger partial charge in [0.15, 0.2) is 0 Å². The van der Waals surface area contributed by atoms with Crippen LogP contribution in [0.1, 0.15) is 67.7 Å². The number of hydrogen-bond acceptors (Lipinski definition) is 4. The molecule has 0 saturated heterocycles. The van der Waals surface area contributed by atoms with Crippen molar-refractivity contribution in [2.24, 2.45) is 5.92 Å². The van der Waals surface area contributed by atoms with Gasteiger partial charge in [-0.05, 0) is 61.1 Å². The fourth-order valence-electron chi connectivity index (χ4n) is 4.33. The van der Waals surface area contributed by atoms with Gasteiger partial charge < -0.3 is 14.0 Å². The highest BCUT2D eigenvalue weighted by Gasteiger charge is 2.24. The van der Waals surface area contributed by atoms with E-state index < -0.39 is 17.2 Å². The summed E-state index contributed by atoms with van der Waals surface area (Å²) < 4.78 is 27.6. The van der Waals surface area contributed by atoms with E-state index in [1.165, 1.54) is 6.07 Å². The van der Waals surface area contributed by atoms with E-state index >= 15 is 0 Å². The van der Waals surface area contributed by atoms with Crippen molar-refractivity contribution in [3.63, 3.8) is 0 Å². The van der Waals surface area contributed by atoms with Crippen molar-refractivity contribution >= 4 is 28.5 Å². The maximum Gasteiger partial charge on any atom is 0.343 e. The third-order valence-corrected chi connectivity index (χ3v) is 6.55. The Bertz CT molecular complexity index is 1270. The van der Waals surface area contributed by atoms with Crippen LogP contribution in [0.25, 0.3) is 10.9 Å². The molecule has 0 spiro atoms. The Morgan fingerprint density at radius 2 is 1.83 bits per heavy atom. The van der Waals surface area contributed by atoms with Gasteiger partial charge >= 0.3 is 5.97 Å². The number of aryl methyl sites for hydroxylation is 1. The molecule has 0 amide bonds. The van der Waals surface area contributed by atoms with Crippen LogP contribution in [0.5, 0.6) is 0 Å². The first-order valence-corrected chi connectivity index (χ1v) is 12.5. The predicted molar refractivity (Wildman–Crippen MR) is 138 cm³/mol. The molecule has 0 saturated carbocycles. The molecule has 0 aliphatic carbocycles. The van der Waals surface area contributed by atoms with Gasteiger partial charge in [-0.15, -0.1) is 0 Å². The topological polar surface area (TPSA) is 57.5 Å². The van der Waals surface area contributed by atoms with E-state index in [0.717, 1.165) is 11.1 Å². The zero-order valence-corrected chi connectivity index (χ0v) is 21.7. The number of hydrogen-bond donors (Lipinski definition) is 0. The third-order valence-electron chi connectivity index (χ3n) is 6.26. The lowest BCUT2D eigenvalue weighted by Gasteiger charge is -2.27. The van der Waals surface area contributed by atoms with Gasteiger partial charge in [0, 0.05) is 24.6 Å². The van der Waals surface area contributed by atoms with Crippen LogP contribution in [0.3, 0.4) is 0 Å². The Labute approximate surface area is 210 Å². The summed E-state index contributed by atoms with van der Waals surface area (Å²) in [5.41, 5.74) is 2.55. The quantitative estimate of drug-likeness (QED) is 0.303. The summed E-state index contributed by atoms with van der Waals surface area (Å²) in [5.74, 6) is -0.952. The Morgan fingerprint density at radius 1 is 1.09 bits per heavy atom. The molecule has 2 aromatic carbocycles. The van der Waals surface area contributed by atoms with E-state index in [-0.39, 0.29) is 35.6 Å². The average molecular weight is 502 g/mol. The number of nitrogens with zero attached hydrogens (tertiary/aromatic N) is 1. The SMILES string of the molecule is CCOC[C@H](C(C)C)n1cc(C(=O)OCC)c(=O)c2cc(Cc3cccc(Cl)c3F)c(CC)cc21. The summed E-state index contributed by atoms with van der Waals surface area (Å²) in [6, 6.07) is 8.57. The Morgan fingerprint density at radius 3 is 2.46 bits per heavy atom. The maximum atomic E-state index is 14.7. The fraction of sp³-hybridized carbons (Fsp3) is 0.429. The highest BCUT2D eigenvalue weighted by atomic mass is 35.5. The van der Waals surface area contributed by atoms with E-state index in [0.29, 0.717) is 36.1 Å². The van der Waals surface area contributed by atoms with Crippen molar-refractivity contribution < 1.29 is 18.7 Å². The van der Waals surface area contributed by atoms with Gasteiger partial charge in [-0.3, -0.25) is 4.79 Å². The molecular formula is C28H33ClFNO4. The van der Waals surface area contributed by atoms with Crippen LogP contribution < -0.4 is 5.43 Å². The van der Waals surface area contributed by atoms with Crippen LogP contribution in [0.2, 0.25) is 5.02 Å². The number of aromatic nitrogens is 1. The molecule has 0 fully saturated rings. The highest BCUT2D eigenvalue weighted by Crippen LogP contribution is 2.29. The number of carbonyl (C=O) groups excluding carboxylic acids is 1. The molecule has 35 heavy (non-hydrogen) atoms. The van der Waals surface area contributed by atoms with Crippen LogP contribution in [0, 0.1) is 11.7 Å². The lowest BCUT2D eigenvalue weighted by molar-refractivity contribution is 0.0522. The number of carbonyl (C=O) groups is 1. The lowest BCUT2D eigenvalue weighted by Crippen LogP contribution is -2.27. The van der Waals surface area contributed by atoms with E-state index in [9.17, 15) is 14.0 Å². The number of benzene rings is 2. The number of rotatable bonds is 10. The molecule has 0 aliphatic rings. The van der Waals surface area contributed by atoms with E-state index in [4.69, 9.17) is 21.1 Å².